The Labute approximate surface area is 159 Å². The Bertz CT molecular complexity index is 741. The summed E-state index contributed by atoms with van der Waals surface area (Å²) < 4.78 is 7.28. The third-order valence-corrected chi connectivity index (χ3v) is 4.29. The van der Waals surface area contributed by atoms with Gasteiger partial charge in [0.2, 0.25) is 0 Å². The van der Waals surface area contributed by atoms with E-state index in [9.17, 15) is 4.79 Å². The van der Waals surface area contributed by atoms with Gasteiger partial charge in [-0.25, -0.2) is 4.68 Å². The number of halogens is 1. The maximum Gasteiger partial charge on any atom is 0.273 e. The highest BCUT2D eigenvalue weighted by molar-refractivity contribution is 5.93. The number of nitrogens with zero attached hydrogens (tertiary/aromatic N) is 3. The summed E-state index contributed by atoms with van der Waals surface area (Å²) in [5, 5.41) is 11.0. The largest absolute Gasteiger partial charge is 0.491 e. The molecule has 1 aromatic heterocycles. The second kappa shape index (κ2) is 8.51. The van der Waals surface area contributed by atoms with Gasteiger partial charge in [-0.3, -0.25) is 4.79 Å². The zero-order chi connectivity index (χ0) is 18.0. The maximum absolute atomic E-state index is 12.3. The first kappa shape index (κ1) is 20.2. The molecule has 1 saturated carbocycles. The molecule has 142 valence electrons. The Kier molecular flexibility index (Phi) is 6.61. The quantitative estimate of drug-likeness (QED) is 0.769. The summed E-state index contributed by atoms with van der Waals surface area (Å²) >= 11 is 0. The second-order valence-electron chi connectivity index (χ2n) is 6.81. The number of ether oxygens (including phenoxy) is 1. The molecule has 0 radical (unpaired) electrons. The first-order valence-electron chi connectivity index (χ1n) is 8.69. The predicted octanol–water partition coefficient (Wildman–Crippen LogP) is 2.25. The SMILES string of the molecule is Cc1c(C(=O)NCC(N)C2CC2)nnn1-c1ccc(OC(C)C)cc1.Cl. The minimum Gasteiger partial charge on any atom is -0.491 e. The molecule has 1 aromatic carbocycles. The Morgan fingerprint density at radius 1 is 1.35 bits per heavy atom. The fraction of sp³-hybridized carbons (Fsp3) is 0.500. The molecule has 7 nitrogen and oxygen atoms in total. The summed E-state index contributed by atoms with van der Waals surface area (Å²) in [5.41, 5.74) is 7.86. The van der Waals surface area contributed by atoms with Crippen LogP contribution < -0.4 is 15.8 Å². The van der Waals surface area contributed by atoms with Crippen molar-refractivity contribution in [3.63, 3.8) is 0 Å². The third kappa shape index (κ3) is 4.74. The molecule has 8 heteroatoms. The number of benzene rings is 1. The fourth-order valence-electron chi connectivity index (χ4n) is 2.71. The van der Waals surface area contributed by atoms with E-state index in [1.807, 2.05) is 45.0 Å². The molecule has 1 heterocycles. The van der Waals surface area contributed by atoms with Crippen molar-refractivity contribution in [2.24, 2.45) is 11.7 Å². The molecule has 2 aromatic rings. The van der Waals surface area contributed by atoms with E-state index in [1.165, 1.54) is 0 Å². The zero-order valence-corrected chi connectivity index (χ0v) is 16.1. The van der Waals surface area contributed by atoms with E-state index in [0.29, 0.717) is 23.9 Å². The molecule has 26 heavy (non-hydrogen) atoms. The summed E-state index contributed by atoms with van der Waals surface area (Å²) in [6.45, 7) is 6.26. The first-order chi connectivity index (χ1) is 12.0. The summed E-state index contributed by atoms with van der Waals surface area (Å²) in [6, 6.07) is 7.57. The summed E-state index contributed by atoms with van der Waals surface area (Å²) in [4.78, 5) is 12.3. The number of carbonyl (C=O) groups is 1. The first-order valence-corrected chi connectivity index (χ1v) is 8.69. The maximum atomic E-state index is 12.3. The van der Waals surface area contributed by atoms with Crippen LogP contribution in [0.5, 0.6) is 5.75 Å². The monoisotopic (exact) mass is 379 g/mol. The van der Waals surface area contributed by atoms with E-state index < -0.39 is 0 Å². The lowest BCUT2D eigenvalue weighted by Crippen LogP contribution is -2.38. The van der Waals surface area contributed by atoms with Gasteiger partial charge in [-0.15, -0.1) is 17.5 Å². The van der Waals surface area contributed by atoms with Crippen LogP contribution in [-0.2, 0) is 0 Å². The summed E-state index contributed by atoms with van der Waals surface area (Å²) in [7, 11) is 0. The summed E-state index contributed by atoms with van der Waals surface area (Å²) in [5.74, 6) is 1.10. The van der Waals surface area contributed by atoms with Gasteiger partial charge in [-0.05, 0) is 63.8 Å². The molecule has 0 spiro atoms. The van der Waals surface area contributed by atoms with E-state index >= 15 is 0 Å². The van der Waals surface area contributed by atoms with Gasteiger partial charge in [0.15, 0.2) is 5.69 Å². The fourth-order valence-corrected chi connectivity index (χ4v) is 2.71. The van der Waals surface area contributed by atoms with Crippen molar-refractivity contribution in [3.8, 4) is 11.4 Å². The standard InChI is InChI=1S/C18H25N5O2.ClH/c1-11(2)25-15-8-6-14(7-9-15)23-12(3)17(21-22-23)18(24)20-10-16(19)13-4-5-13;/h6-9,11,13,16H,4-5,10,19H2,1-3H3,(H,20,24);1H. The van der Waals surface area contributed by atoms with E-state index in [0.717, 1.165) is 24.3 Å². The minimum atomic E-state index is -0.236. The topological polar surface area (TPSA) is 95.1 Å². The number of rotatable bonds is 7. The number of hydrogen-bond acceptors (Lipinski definition) is 5. The molecule has 0 aliphatic heterocycles. The van der Waals surface area contributed by atoms with Gasteiger partial charge in [-0.1, -0.05) is 5.21 Å². The van der Waals surface area contributed by atoms with Crippen LogP contribution in [-0.4, -0.2) is 39.6 Å². The van der Waals surface area contributed by atoms with Crippen LogP contribution in [0.4, 0.5) is 0 Å². The Balaban J connectivity index is 0.00000243. The lowest BCUT2D eigenvalue weighted by Gasteiger charge is -2.11. The normalized spacial score (nSPS) is 14.7. The average molecular weight is 380 g/mol. The number of carbonyl (C=O) groups excluding carboxylic acids is 1. The highest BCUT2D eigenvalue weighted by atomic mass is 35.5. The van der Waals surface area contributed by atoms with Gasteiger partial charge < -0.3 is 15.8 Å². The second-order valence-corrected chi connectivity index (χ2v) is 6.81. The Hall–Kier alpha value is -2.12. The van der Waals surface area contributed by atoms with E-state index in [1.54, 1.807) is 4.68 Å². The minimum absolute atomic E-state index is 0. The van der Waals surface area contributed by atoms with E-state index in [4.69, 9.17) is 10.5 Å². The van der Waals surface area contributed by atoms with Crippen LogP contribution in [0.25, 0.3) is 5.69 Å². The van der Waals surface area contributed by atoms with Crippen molar-refractivity contribution in [2.45, 2.75) is 45.8 Å². The molecule has 3 N–H and O–H groups in total. The van der Waals surface area contributed by atoms with Gasteiger partial charge in [0, 0.05) is 12.6 Å². The number of aromatic nitrogens is 3. The molecule has 0 bridgehead atoms. The number of nitrogens with two attached hydrogens (primary N) is 1. The van der Waals surface area contributed by atoms with Crippen molar-refractivity contribution in [1.82, 2.24) is 20.3 Å². The smallest absolute Gasteiger partial charge is 0.273 e. The van der Waals surface area contributed by atoms with Crippen LogP contribution in [0.15, 0.2) is 24.3 Å². The van der Waals surface area contributed by atoms with Crippen molar-refractivity contribution >= 4 is 18.3 Å². The zero-order valence-electron chi connectivity index (χ0n) is 15.3. The molecule has 1 aliphatic carbocycles. The predicted molar refractivity (Wildman–Crippen MR) is 102 cm³/mol. The van der Waals surface area contributed by atoms with Crippen LogP contribution in [0, 0.1) is 12.8 Å². The number of amides is 1. The van der Waals surface area contributed by atoms with Crippen LogP contribution in [0.2, 0.25) is 0 Å². The molecular formula is C18H26ClN5O2. The molecule has 1 aliphatic rings. The van der Waals surface area contributed by atoms with Crippen LogP contribution in [0.1, 0.15) is 42.9 Å². The Morgan fingerprint density at radius 2 is 2.00 bits per heavy atom. The van der Waals surface area contributed by atoms with Gasteiger partial charge in [0.05, 0.1) is 17.5 Å². The van der Waals surface area contributed by atoms with Crippen LogP contribution in [0.3, 0.4) is 0 Å². The average Bonchev–Trinajstić information content (AvgIpc) is 3.36. The highest BCUT2D eigenvalue weighted by Crippen LogP contribution is 2.31. The van der Waals surface area contributed by atoms with Crippen LogP contribution >= 0.6 is 12.4 Å². The molecule has 0 saturated heterocycles. The van der Waals surface area contributed by atoms with Gasteiger partial charge >= 0.3 is 0 Å². The van der Waals surface area contributed by atoms with Crippen molar-refractivity contribution in [2.75, 3.05) is 6.54 Å². The molecule has 1 fully saturated rings. The van der Waals surface area contributed by atoms with Crippen molar-refractivity contribution < 1.29 is 9.53 Å². The summed E-state index contributed by atoms with van der Waals surface area (Å²) in [6.07, 6.45) is 2.43. The van der Waals surface area contributed by atoms with E-state index in [-0.39, 0.29) is 30.5 Å². The van der Waals surface area contributed by atoms with Gasteiger partial charge in [0.1, 0.15) is 5.75 Å². The van der Waals surface area contributed by atoms with Gasteiger partial charge in [0.25, 0.3) is 5.91 Å². The molecule has 1 amide bonds. The van der Waals surface area contributed by atoms with Gasteiger partial charge in [-0.2, -0.15) is 0 Å². The molecular weight excluding hydrogens is 354 g/mol. The Morgan fingerprint density at radius 3 is 2.58 bits per heavy atom. The number of hydrogen-bond donors (Lipinski definition) is 2. The van der Waals surface area contributed by atoms with Crippen molar-refractivity contribution in [3.05, 3.63) is 35.7 Å². The molecule has 1 unspecified atom stereocenters. The third-order valence-electron chi connectivity index (χ3n) is 4.29. The van der Waals surface area contributed by atoms with Crippen molar-refractivity contribution in [1.29, 1.82) is 0 Å². The molecule has 3 rings (SSSR count). The molecule has 1 atom stereocenters. The lowest BCUT2D eigenvalue weighted by atomic mass is 10.2. The van der Waals surface area contributed by atoms with E-state index in [2.05, 4.69) is 15.6 Å². The number of nitrogens with one attached hydrogen (secondary N) is 1. The highest BCUT2D eigenvalue weighted by Gasteiger charge is 2.29. The lowest BCUT2D eigenvalue weighted by molar-refractivity contribution is 0.0944.